The standard InChI is InChI=1S/C17H16FNO4S/c18-14-5-3-13(4-6-14)12-24(21,22)23-16-9-7-15(8-10-16)19-11-1-2-17(19)20/h3-10H,1-2,11-12H2. The van der Waals surface area contributed by atoms with Gasteiger partial charge in [0.25, 0.3) is 0 Å². The maximum Gasteiger partial charge on any atom is 0.313 e. The number of halogens is 1. The molecule has 3 rings (SSSR count). The predicted octanol–water partition coefficient (Wildman–Crippen LogP) is 2.86. The van der Waals surface area contributed by atoms with E-state index in [1.54, 1.807) is 17.0 Å². The average molecular weight is 349 g/mol. The van der Waals surface area contributed by atoms with Gasteiger partial charge in [-0.2, -0.15) is 8.42 Å². The van der Waals surface area contributed by atoms with Crippen molar-refractivity contribution in [2.45, 2.75) is 18.6 Å². The van der Waals surface area contributed by atoms with Gasteiger partial charge in [-0.25, -0.2) is 4.39 Å². The fraction of sp³-hybridized carbons (Fsp3) is 0.235. The minimum absolute atomic E-state index is 0.0626. The lowest BCUT2D eigenvalue weighted by molar-refractivity contribution is -0.117. The summed E-state index contributed by atoms with van der Waals surface area (Å²) in [6.45, 7) is 0.669. The molecule has 0 spiro atoms. The number of hydrogen-bond donors (Lipinski definition) is 0. The smallest absolute Gasteiger partial charge is 0.313 e. The average Bonchev–Trinajstić information content (AvgIpc) is 2.96. The molecule has 1 aliphatic heterocycles. The Morgan fingerprint density at radius 3 is 2.29 bits per heavy atom. The molecule has 1 amide bonds. The van der Waals surface area contributed by atoms with E-state index in [1.165, 1.54) is 36.4 Å². The number of anilines is 1. The Hall–Kier alpha value is -2.41. The van der Waals surface area contributed by atoms with Gasteiger partial charge in [0.2, 0.25) is 5.91 Å². The number of nitrogens with zero attached hydrogens (tertiary/aromatic N) is 1. The first-order chi connectivity index (χ1) is 11.4. The predicted molar refractivity (Wildman–Crippen MR) is 87.7 cm³/mol. The van der Waals surface area contributed by atoms with Crippen molar-refractivity contribution in [2.75, 3.05) is 11.4 Å². The van der Waals surface area contributed by atoms with Crippen LogP contribution in [0.4, 0.5) is 10.1 Å². The number of carbonyl (C=O) groups excluding carboxylic acids is 1. The zero-order valence-corrected chi connectivity index (χ0v) is 13.6. The van der Waals surface area contributed by atoms with Crippen LogP contribution in [-0.4, -0.2) is 20.9 Å². The lowest BCUT2D eigenvalue weighted by atomic mass is 10.2. The van der Waals surface area contributed by atoms with Gasteiger partial charge >= 0.3 is 10.1 Å². The fourth-order valence-electron chi connectivity index (χ4n) is 2.56. The highest BCUT2D eigenvalue weighted by molar-refractivity contribution is 7.86. The number of amides is 1. The summed E-state index contributed by atoms with van der Waals surface area (Å²) in [5.74, 6) is -0.538. The zero-order chi connectivity index (χ0) is 17.2. The van der Waals surface area contributed by atoms with Crippen LogP contribution >= 0.6 is 0 Å². The second kappa shape index (κ2) is 6.60. The molecule has 0 radical (unpaired) electrons. The molecule has 126 valence electrons. The Labute approximate surface area is 139 Å². The third kappa shape index (κ3) is 3.91. The summed E-state index contributed by atoms with van der Waals surface area (Å²) in [5, 5.41) is 0. The van der Waals surface area contributed by atoms with E-state index in [9.17, 15) is 17.6 Å². The largest absolute Gasteiger partial charge is 0.382 e. The molecule has 0 unspecified atom stereocenters. The van der Waals surface area contributed by atoms with Crippen molar-refractivity contribution in [1.29, 1.82) is 0 Å². The van der Waals surface area contributed by atoms with Crippen LogP contribution in [0.15, 0.2) is 48.5 Å². The molecule has 5 nitrogen and oxygen atoms in total. The van der Waals surface area contributed by atoms with Gasteiger partial charge in [0.15, 0.2) is 0 Å². The quantitative estimate of drug-likeness (QED) is 0.779. The summed E-state index contributed by atoms with van der Waals surface area (Å²) >= 11 is 0. The minimum atomic E-state index is -3.85. The first kappa shape index (κ1) is 16.4. The molecule has 2 aromatic carbocycles. The van der Waals surface area contributed by atoms with E-state index in [0.29, 0.717) is 18.5 Å². The van der Waals surface area contributed by atoms with Gasteiger partial charge in [-0.05, 0) is 48.4 Å². The second-order valence-corrected chi connectivity index (χ2v) is 7.13. The first-order valence-corrected chi connectivity index (χ1v) is 9.08. The molecule has 0 bridgehead atoms. The van der Waals surface area contributed by atoms with Crippen LogP contribution in [0.5, 0.6) is 5.75 Å². The highest BCUT2D eigenvalue weighted by Gasteiger charge is 2.22. The van der Waals surface area contributed by atoms with Crippen LogP contribution in [0.1, 0.15) is 18.4 Å². The summed E-state index contributed by atoms with van der Waals surface area (Å²) in [7, 11) is -3.85. The van der Waals surface area contributed by atoms with E-state index in [-0.39, 0.29) is 17.4 Å². The van der Waals surface area contributed by atoms with Crippen LogP contribution in [0.3, 0.4) is 0 Å². The molecule has 7 heteroatoms. The van der Waals surface area contributed by atoms with E-state index >= 15 is 0 Å². The summed E-state index contributed by atoms with van der Waals surface area (Å²) in [4.78, 5) is 13.4. The zero-order valence-electron chi connectivity index (χ0n) is 12.8. The number of hydrogen-bond acceptors (Lipinski definition) is 4. The highest BCUT2D eigenvalue weighted by atomic mass is 32.2. The normalized spacial score (nSPS) is 14.9. The lowest BCUT2D eigenvalue weighted by Crippen LogP contribution is -2.23. The van der Waals surface area contributed by atoms with Gasteiger partial charge in [-0.15, -0.1) is 0 Å². The van der Waals surface area contributed by atoms with Crippen molar-refractivity contribution in [3.63, 3.8) is 0 Å². The SMILES string of the molecule is O=C1CCCN1c1ccc(OS(=O)(=O)Cc2ccc(F)cc2)cc1. The number of carbonyl (C=O) groups is 1. The molecule has 1 aliphatic rings. The van der Waals surface area contributed by atoms with Gasteiger partial charge in [0, 0.05) is 18.7 Å². The van der Waals surface area contributed by atoms with Gasteiger partial charge in [-0.3, -0.25) is 4.79 Å². The number of benzene rings is 2. The van der Waals surface area contributed by atoms with Gasteiger partial charge in [-0.1, -0.05) is 12.1 Å². The van der Waals surface area contributed by atoms with Crippen molar-refractivity contribution in [3.05, 3.63) is 59.9 Å². The molecule has 1 heterocycles. The summed E-state index contributed by atoms with van der Waals surface area (Å²) in [6, 6.07) is 11.6. The van der Waals surface area contributed by atoms with Crippen molar-refractivity contribution >= 4 is 21.7 Å². The Morgan fingerprint density at radius 2 is 1.71 bits per heavy atom. The topological polar surface area (TPSA) is 63.7 Å². The van der Waals surface area contributed by atoms with Crippen LogP contribution < -0.4 is 9.08 Å². The Kier molecular flexibility index (Phi) is 4.53. The van der Waals surface area contributed by atoms with Crippen molar-refractivity contribution in [2.24, 2.45) is 0 Å². The Morgan fingerprint density at radius 1 is 1.04 bits per heavy atom. The maximum absolute atomic E-state index is 12.9. The van der Waals surface area contributed by atoms with E-state index in [1.807, 2.05) is 0 Å². The third-order valence-electron chi connectivity index (χ3n) is 3.70. The molecule has 1 fully saturated rings. The molecule has 1 saturated heterocycles. The summed E-state index contributed by atoms with van der Waals surface area (Å²) in [6.07, 6.45) is 1.35. The number of rotatable bonds is 5. The maximum atomic E-state index is 12.9. The molecule has 0 aromatic heterocycles. The van der Waals surface area contributed by atoms with E-state index in [4.69, 9.17) is 4.18 Å². The highest BCUT2D eigenvalue weighted by Crippen LogP contribution is 2.25. The van der Waals surface area contributed by atoms with Crippen molar-refractivity contribution < 1.29 is 21.8 Å². The summed E-state index contributed by atoms with van der Waals surface area (Å²) in [5.41, 5.74) is 1.16. The van der Waals surface area contributed by atoms with Crippen LogP contribution in [0, 0.1) is 5.82 Å². The molecule has 0 atom stereocenters. The molecule has 24 heavy (non-hydrogen) atoms. The van der Waals surface area contributed by atoms with E-state index < -0.39 is 15.9 Å². The van der Waals surface area contributed by atoms with Crippen LogP contribution in [0.2, 0.25) is 0 Å². The Bertz CT molecular complexity index is 832. The summed E-state index contributed by atoms with van der Waals surface area (Å²) < 4.78 is 42.0. The molecule has 0 aliphatic carbocycles. The van der Waals surface area contributed by atoms with E-state index in [0.717, 1.165) is 12.1 Å². The minimum Gasteiger partial charge on any atom is -0.382 e. The van der Waals surface area contributed by atoms with Gasteiger partial charge in [0.1, 0.15) is 17.3 Å². The fourth-order valence-corrected chi connectivity index (χ4v) is 3.63. The first-order valence-electron chi connectivity index (χ1n) is 7.50. The Balaban J connectivity index is 1.68. The van der Waals surface area contributed by atoms with Gasteiger partial charge < -0.3 is 9.08 Å². The molecular formula is C17H16FNO4S. The second-order valence-electron chi connectivity index (χ2n) is 5.55. The molecule has 0 saturated carbocycles. The van der Waals surface area contributed by atoms with Crippen LogP contribution in [0.25, 0.3) is 0 Å². The molecule has 2 aromatic rings. The van der Waals surface area contributed by atoms with E-state index in [2.05, 4.69) is 0 Å². The van der Waals surface area contributed by atoms with Crippen molar-refractivity contribution in [3.8, 4) is 5.75 Å². The monoisotopic (exact) mass is 349 g/mol. The lowest BCUT2D eigenvalue weighted by Gasteiger charge is -2.16. The molecular weight excluding hydrogens is 333 g/mol. The van der Waals surface area contributed by atoms with Crippen molar-refractivity contribution in [1.82, 2.24) is 0 Å². The van der Waals surface area contributed by atoms with Crippen LogP contribution in [-0.2, 0) is 20.7 Å². The molecule has 0 N–H and O–H groups in total. The third-order valence-corrected chi connectivity index (χ3v) is 4.83. The van der Waals surface area contributed by atoms with Gasteiger partial charge in [0.05, 0.1) is 0 Å².